The van der Waals surface area contributed by atoms with Gasteiger partial charge in [-0.1, -0.05) is 24.1 Å². The zero-order valence-electron chi connectivity index (χ0n) is 11.5. The number of hydrogen-bond donors (Lipinski definition) is 1. The van der Waals surface area contributed by atoms with Gasteiger partial charge in [-0.25, -0.2) is 4.79 Å². The summed E-state index contributed by atoms with van der Waals surface area (Å²) in [5.74, 6) is 0. The Morgan fingerprint density at radius 1 is 1.20 bits per heavy atom. The van der Waals surface area contributed by atoms with Crippen molar-refractivity contribution in [1.82, 2.24) is 9.80 Å². The summed E-state index contributed by atoms with van der Waals surface area (Å²) in [5.41, 5.74) is 0.754. The van der Waals surface area contributed by atoms with Crippen LogP contribution in [0.2, 0.25) is 5.02 Å². The van der Waals surface area contributed by atoms with E-state index in [1.807, 2.05) is 17.0 Å². The molecule has 1 aromatic rings. The zero-order chi connectivity index (χ0) is 13.9. The molecule has 2 aliphatic rings. The monoisotopic (exact) mass is 293 g/mol. The van der Waals surface area contributed by atoms with E-state index in [0.717, 1.165) is 18.8 Å². The molecular weight excluding hydrogens is 274 g/mol. The molecule has 2 aliphatic heterocycles. The summed E-state index contributed by atoms with van der Waals surface area (Å²) in [5, 5.41) is 3.53. The third kappa shape index (κ3) is 3.07. The number of carbonyl (C=O) groups is 1. The first kappa shape index (κ1) is 13.7. The summed E-state index contributed by atoms with van der Waals surface area (Å²) in [6.45, 7) is 4.06. The SMILES string of the molecule is O=C(Nc1cccc(Cl)c1)N1CC(N2CCCCC2)C1. The van der Waals surface area contributed by atoms with E-state index in [2.05, 4.69) is 10.2 Å². The molecule has 0 saturated carbocycles. The molecule has 4 nitrogen and oxygen atoms in total. The third-order valence-electron chi connectivity index (χ3n) is 4.13. The number of urea groups is 1. The fourth-order valence-electron chi connectivity index (χ4n) is 2.90. The predicted molar refractivity (Wildman–Crippen MR) is 81.3 cm³/mol. The molecule has 0 aliphatic carbocycles. The molecule has 2 amide bonds. The minimum absolute atomic E-state index is 0.0273. The molecule has 108 valence electrons. The van der Waals surface area contributed by atoms with Gasteiger partial charge in [0.2, 0.25) is 0 Å². The van der Waals surface area contributed by atoms with Crippen LogP contribution in [0, 0.1) is 0 Å². The number of anilines is 1. The molecule has 1 aromatic carbocycles. The van der Waals surface area contributed by atoms with Gasteiger partial charge in [0, 0.05) is 29.8 Å². The van der Waals surface area contributed by atoms with Gasteiger partial charge in [0.1, 0.15) is 0 Å². The fraction of sp³-hybridized carbons (Fsp3) is 0.533. The molecule has 0 atom stereocenters. The van der Waals surface area contributed by atoms with Crippen molar-refractivity contribution >= 4 is 23.3 Å². The van der Waals surface area contributed by atoms with Gasteiger partial charge in [0.25, 0.3) is 0 Å². The lowest BCUT2D eigenvalue weighted by atomic mass is 10.0. The Morgan fingerprint density at radius 2 is 1.95 bits per heavy atom. The van der Waals surface area contributed by atoms with Gasteiger partial charge >= 0.3 is 6.03 Å². The van der Waals surface area contributed by atoms with E-state index in [4.69, 9.17) is 11.6 Å². The minimum Gasteiger partial charge on any atom is -0.321 e. The molecule has 2 saturated heterocycles. The molecular formula is C15H20ClN3O. The van der Waals surface area contributed by atoms with Crippen LogP contribution in [-0.2, 0) is 0 Å². The highest BCUT2D eigenvalue weighted by molar-refractivity contribution is 6.30. The summed E-state index contributed by atoms with van der Waals surface area (Å²) in [6.07, 6.45) is 3.94. The number of nitrogens with zero attached hydrogens (tertiary/aromatic N) is 2. The normalized spacial score (nSPS) is 20.6. The maximum absolute atomic E-state index is 12.1. The van der Waals surface area contributed by atoms with Crippen molar-refractivity contribution in [3.8, 4) is 0 Å². The molecule has 0 radical (unpaired) electrons. The maximum atomic E-state index is 12.1. The van der Waals surface area contributed by atoms with Gasteiger partial charge in [0.05, 0.1) is 0 Å². The first-order valence-electron chi connectivity index (χ1n) is 7.28. The Labute approximate surface area is 124 Å². The summed E-state index contributed by atoms with van der Waals surface area (Å²) in [4.78, 5) is 16.5. The molecule has 0 aromatic heterocycles. The van der Waals surface area contributed by atoms with E-state index < -0.39 is 0 Å². The number of halogens is 1. The largest absolute Gasteiger partial charge is 0.321 e. The lowest BCUT2D eigenvalue weighted by Gasteiger charge is -2.46. The highest BCUT2D eigenvalue weighted by Gasteiger charge is 2.35. The van der Waals surface area contributed by atoms with Crippen molar-refractivity contribution in [2.75, 3.05) is 31.5 Å². The summed E-state index contributed by atoms with van der Waals surface area (Å²) in [6, 6.07) is 7.78. The van der Waals surface area contributed by atoms with E-state index in [1.165, 1.54) is 32.4 Å². The molecule has 0 bridgehead atoms. The topological polar surface area (TPSA) is 35.6 Å². The molecule has 3 rings (SSSR count). The van der Waals surface area contributed by atoms with Crippen molar-refractivity contribution in [3.05, 3.63) is 29.3 Å². The van der Waals surface area contributed by atoms with E-state index in [9.17, 15) is 4.79 Å². The second kappa shape index (κ2) is 6.02. The lowest BCUT2D eigenvalue weighted by Crippen LogP contribution is -2.62. The lowest BCUT2D eigenvalue weighted by molar-refractivity contribution is 0.0493. The first-order valence-corrected chi connectivity index (χ1v) is 7.66. The Morgan fingerprint density at radius 3 is 2.65 bits per heavy atom. The molecule has 0 spiro atoms. The molecule has 20 heavy (non-hydrogen) atoms. The van der Waals surface area contributed by atoms with Gasteiger partial charge in [0.15, 0.2) is 0 Å². The van der Waals surface area contributed by atoms with Crippen molar-refractivity contribution in [2.24, 2.45) is 0 Å². The third-order valence-corrected chi connectivity index (χ3v) is 4.37. The van der Waals surface area contributed by atoms with Crippen LogP contribution in [0.15, 0.2) is 24.3 Å². The quantitative estimate of drug-likeness (QED) is 0.910. The zero-order valence-corrected chi connectivity index (χ0v) is 12.3. The second-order valence-corrected chi connectivity index (χ2v) is 6.03. The van der Waals surface area contributed by atoms with Crippen LogP contribution in [0.5, 0.6) is 0 Å². The van der Waals surface area contributed by atoms with Gasteiger partial charge in [-0.3, -0.25) is 4.90 Å². The van der Waals surface area contributed by atoms with Gasteiger partial charge in [-0.15, -0.1) is 0 Å². The molecule has 2 heterocycles. The summed E-state index contributed by atoms with van der Waals surface area (Å²) < 4.78 is 0. The van der Waals surface area contributed by atoms with Crippen molar-refractivity contribution in [1.29, 1.82) is 0 Å². The van der Waals surface area contributed by atoms with Crippen LogP contribution in [0.25, 0.3) is 0 Å². The van der Waals surface area contributed by atoms with Crippen molar-refractivity contribution in [2.45, 2.75) is 25.3 Å². The van der Waals surface area contributed by atoms with Gasteiger partial charge < -0.3 is 10.2 Å². The fourth-order valence-corrected chi connectivity index (χ4v) is 3.09. The van der Waals surface area contributed by atoms with E-state index >= 15 is 0 Å². The average molecular weight is 294 g/mol. The second-order valence-electron chi connectivity index (χ2n) is 5.60. The summed E-state index contributed by atoms with van der Waals surface area (Å²) >= 11 is 5.91. The molecule has 1 N–H and O–H groups in total. The number of benzene rings is 1. The number of amides is 2. The van der Waals surface area contributed by atoms with Crippen LogP contribution in [0.3, 0.4) is 0 Å². The highest BCUT2D eigenvalue weighted by Crippen LogP contribution is 2.21. The van der Waals surface area contributed by atoms with Crippen LogP contribution >= 0.6 is 11.6 Å². The van der Waals surface area contributed by atoms with Crippen LogP contribution < -0.4 is 5.32 Å². The number of nitrogens with one attached hydrogen (secondary N) is 1. The van der Waals surface area contributed by atoms with E-state index in [0.29, 0.717) is 11.1 Å². The van der Waals surface area contributed by atoms with Crippen molar-refractivity contribution in [3.63, 3.8) is 0 Å². The molecule has 5 heteroatoms. The molecule has 0 unspecified atom stereocenters. The summed E-state index contributed by atoms with van der Waals surface area (Å²) in [7, 11) is 0. The Hall–Kier alpha value is -1.26. The van der Waals surface area contributed by atoms with Crippen LogP contribution in [-0.4, -0.2) is 48.1 Å². The van der Waals surface area contributed by atoms with Gasteiger partial charge in [-0.05, 0) is 44.1 Å². The van der Waals surface area contributed by atoms with Gasteiger partial charge in [-0.2, -0.15) is 0 Å². The number of piperidine rings is 1. The van der Waals surface area contributed by atoms with E-state index in [1.54, 1.807) is 12.1 Å². The Kier molecular flexibility index (Phi) is 4.13. The first-order chi connectivity index (χ1) is 9.72. The van der Waals surface area contributed by atoms with E-state index in [-0.39, 0.29) is 6.03 Å². The standard InChI is InChI=1S/C15H20ClN3O/c16-12-5-4-6-13(9-12)17-15(20)19-10-14(11-19)18-7-2-1-3-8-18/h4-6,9,14H,1-3,7-8,10-11H2,(H,17,20). The van der Waals surface area contributed by atoms with Crippen molar-refractivity contribution < 1.29 is 4.79 Å². The number of hydrogen-bond acceptors (Lipinski definition) is 2. The minimum atomic E-state index is -0.0273. The number of rotatable bonds is 2. The van der Waals surface area contributed by atoms with Crippen LogP contribution in [0.4, 0.5) is 10.5 Å². The Balaban J connectivity index is 1.48. The number of likely N-dealkylation sites (tertiary alicyclic amines) is 2. The smallest absolute Gasteiger partial charge is 0.321 e. The highest BCUT2D eigenvalue weighted by atomic mass is 35.5. The predicted octanol–water partition coefficient (Wildman–Crippen LogP) is 3.04. The Bertz CT molecular complexity index is 482. The maximum Gasteiger partial charge on any atom is 0.321 e. The van der Waals surface area contributed by atoms with Crippen LogP contribution in [0.1, 0.15) is 19.3 Å². The molecule has 2 fully saturated rings. The average Bonchev–Trinajstić information content (AvgIpc) is 2.38. The number of carbonyl (C=O) groups excluding carboxylic acids is 1.